The molecular formula is C15H10BrClN2O2S. The number of amides is 1. The van der Waals surface area contributed by atoms with Crippen molar-refractivity contribution in [3.63, 3.8) is 0 Å². The van der Waals surface area contributed by atoms with Gasteiger partial charge in [-0.05, 0) is 40.2 Å². The number of aromatic nitrogens is 1. The molecule has 7 heteroatoms. The van der Waals surface area contributed by atoms with E-state index in [-0.39, 0.29) is 11.7 Å². The van der Waals surface area contributed by atoms with Crippen LogP contribution in [0.3, 0.4) is 0 Å². The molecule has 112 valence electrons. The first-order chi connectivity index (χ1) is 10.6. The van der Waals surface area contributed by atoms with Crippen LogP contribution in [-0.2, 0) is 6.54 Å². The Balaban J connectivity index is 1.64. The molecule has 0 saturated heterocycles. The van der Waals surface area contributed by atoms with E-state index in [2.05, 4.69) is 26.2 Å². The molecule has 4 nitrogen and oxygen atoms in total. The van der Waals surface area contributed by atoms with Crippen LogP contribution in [0.15, 0.2) is 50.9 Å². The second kappa shape index (κ2) is 6.64. The molecule has 0 unspecified atom stereocenters. The molecule has 0 saturated carbocycles. The minimum absolute atomic E-state index is 0.265. The number of furan rings is 1. The van der Waals surface area contributed by atoms with Crippen molar-refractivity contribution < 1.29 is 9.21 Å². The number of carbonyl (C=O) groups excluding carboxylic acids is 1. The number of rotatable bonds is 4. The maximum Gasteiger partial charge on any atom is 0.287 e. The first kappa shape index (κ1) is 15.3. The van der Waals surface area contributed by atoms with Crippen molar-refractivity contribution in [1.82, 2.24) is 10.3 Å². The van der Waals surface area contributed by atoms with E-state index in [1.807, 2.05) is 29.6 Å². The van der Waals surface area contributed by atoms with Crippen LogP contribution in [0.4, 0.5) is 0 Å². The van der Waals surface area contributed by atoms with E-state index in [0.717, 1.165) is 16.3 Å². The third-order valence-electron chi connectivity index (χ3n) is 2.89. The lowest BCUT2D eigenvalue weighted by Gasteiger charge is -2.00. The van der Waals surface area contributed by atoms with Gasteiger partial charge in [-0.2, -0.15) is 0 Å². The molecule has 0 atom stereocenters. The number of halogens is 2. The van der Waals surface area contributed by atoms with Crippen molar-refractivity contribution in [2.24, 2.45) is 0 Å². The topological polar surface area (TPSA) is 55.1 Å². The van der Waals surface area contributed by atoms with E-state index in [9.17, 15) is 4.79 Å². The number of nitrogens with one attached hydrogen (secondary N) is 1. The first-order valence-electron chi connectivity index (χ1n) is 6.36. The summed E-state index contributed by atoms with van der Waals surface area (Å²) in [6.45, 7) is 0.357. The second-order valence-corrected chi connectivity index (χ2v) is 6.58. The summed E-state index contributed by atoms with van der Waals surface area (Å²) in [6.07, 6.45) is 0. The molecule has 0 bridgehead atoms. The van der Waals surface area contributed by atoms with Gasteiger partial charge in [0.2, 0.25) is 0 Å². The molecule has 1 aromatic carbocycles. The summed E-state index contributed by atoms with van der Waals surface area (Å²) in [5, 5.41) is 6.24. The van der Waals surface area contributed by atoms with E-state index in [1.54, 1.807) is 12.1 Å². The summed E-state index contributed by atoms with van der Waals surface area (Å²) >= 11 is 10.5. The summed E-state index contributed by atoms with van der Waals surface area (Å²) in [5.74, 6) is -0.00435. The third-order valence-corrected chi connectivity index (χ3v) is 4.42. The molecule has 2 heterocycles. The minimum Gasteiger partial charge on any atom is -0.444 e. The summed E-state index contributed by atoms with van der Waals surface area (Å²) in [7, 11) is 0. The fraction of sp³-hybridized carbons (Fsp3) is 0.0667. The molecule has 0 aliphatic carbocycles. The molecular weight excluding hydrogens is 388 g/mol. The van der Waals surface area contributed by atoms with E-state index in [4.69, 9.17) is 16.0 Å². The lowest BCUT2D eigenvalue weighted by Crippen LogP contribution is -2.22. The number of carbonyl (C=O) groups is 1. The molecule has 0 radical (unpaired) electrons. The fourth-order valence-corrected chi connectivity index (χ4v) is 3.00. The maximum absolute atomic E-state index is 11.9. The fourth-order valence-electron chi connectivity index (χ4n) is 1.82. The Morgan fingerprint density at radius 1 is 1.27 bits per heavy atom. The van der Waals surface area contributed by atoms with Gasteiger partial charge in [0.25, 0.3) is 5.91 Å². The Morgan fingerprint density at radius 3 is 2.73 bits per heavy atom. The van der Waals surface area contributed by atoms with E-state index in [1.165, 1.54) is 11.3 Å². The van der Waals surface area contributed by atoms with Gasteiger partial charge >= 0.3 is 0 Å². The lowest BCUT2D eigenvalue weighted by atomic mass is 10.2. The summed E-state index contributed by atoms with van der Waals surface area (Å²) in [6, 6.07) is 10.8. The first-order valence-corrected chi connectivity index (χ1v) is 8.41. The van der Waals surface area contributed by atoms with Gasteiger partial charge in [-0.1, -0.05) is 23.7 Å². The molecule has 0 aliphatic heterocycles. The van der Waals surface area contributed by atoms with Gasteiger partial charge in [0.15, 0.2) is 10.4 Å². The molecule has 2 aromatic heterocycles. The average molecular weight is 398 g/mol. The quantitative estimate of drug-likeness (QED) is 0.691. The summed E-state index contributed by atoms with van der Waals surface area (Å²) < 4.78 is 5.72. The Labute approximate surface area is 144 Å². The highest BCUT2D eigenvalue weighted by Gasteiger charge is 2.11. The Bertz CT molecular complexity index is 798. The predicted molar refractivity (Wildman–Crippen MR) is 90.1 cm³/mol. The molecule has 1 N–H and O–H groups in total. The zero-order valence-electron chi connectivity index (χ0n) is 11.2. The van der Waals surface area contributed by atoms with Crippen LogP contribution in [0, 0.1) is 0 Å². The number of hydrogen-bond acceptors (Lipinski definition) is 4. The van der Waals surface area contributed by atoms with Gasteiger partial charge in [0.05, 0.1) is 12.2 Å². The number of thiazole rings is 1. The van der Waals surface area contributed by atoms with Crippen molar-refractivity contribution in [3.05, 3.63) is 62.2 Å². The lowest BCUT2D eigenvalue weighted by molar-refractivity contribution is 0.0922. The predicted octanol–water partition coefficient (Wildman–Crippen LogP) is 4.75. The van der Waals surface area contributed by atoms with Gasteiger partial charge in [-0.3, -0.25) is 4.79 Å². The molecule has 0 fully saturated rings. The van der Waals surface area contributed by atoms with Crippen molar-refractivity contribution >= 4 is 44.8 Å². The highest BCUT2D eigenvalue weighted by atomic mass is 79.9. The average Bonchev–Trinajstić information content (AvgIpc) is 3.15. The van der Waals surface area contributed by atoms with Crippen LogP contribution in [0.25, 0.3) is 11.3 Å². The van der Waals surface area contributed by atoms with Crippen molar-refractivity contribution in [2.75, 3.05) is 0 Å². The minimum atomic E-state index is -0.269. The smallest absolute Gasteiger partial charge is 0.287 e. The van der Waals surface area contributed by atoms with Gasteiger partial charge in [0.1, 0.15) is 5.01 Å². The highest BCUT2D eigenvalue weighted by molar-refractivity contribution is 9.10. The molecule has 3 aromatic rings. The molecule has 22 heavy (non-hydrogen) atoms. The number of benzene rings is 1. The zero-order valence-corrected chi connectivity index (χ0v) is 14.3. The number of hydrogen-bond donors (Lipinski definition) is 1. The Morgan fingerprint density at radius 2 is 2.05 bits per heavy atom. The van der Waals surface area contributed by atoms with Gasteiger partial charge in [0, 0.05) is 16.0 Å². The van der Waals surface area contributed by atoms with Gasteiger partial charge < -0.3 is 9.73 Å². The van der Waals surface area contributed by atoms with Crippen LogP contribution in [-0.4, -0.2) is 10.9 Å². The zero-order chi connectivity index (χ0) is 15.5. The molecule has 0 aliphatic rings. The van der Waals surface area contributed by atoms with Crippen molar-refractivity contribution in [1.29, 1.82) is 0 Å². The molecule has 3 rings (SSSR count). The summed E-state index contributed by atoms with van der Waals surface area (Å²) in [5.41, 5.74) is 1.86. The molecule has 0 spiro atoms. The normalized spacial score (nSPS) is 10.6. The highest BCUT2D eigenvalue weighted by Crippen LogP contribution is 2.23. The number of nitrogens with zero attached hydrogens (tertiary/aromatic N) is 1. The van der Waals surface area contributed by atoms with Crippen LogP contribution in [0.5, 0.6) is 0 Å². The van der Waals surface area contributed by atoms with Crippen LogP contribution >= 0.6 is 38.9 Å². The monoisotopic (exact) mass is 396 g/mol. The van der Waals surface area contributed by atoms with Crippen LogP contribution in [0.1, 0.15) is 15.6 Å². The van der Waals surface area contributed by atoms with Crippen molar-refractivity contribution in [2.45, 2.75) is 6.54 Å². The second-order valence-electron chi connectivity index (χ2n) is 4.42. The maximum atomic E-state index is 11.9. The largest absolute Gasteiger partial charge is 0.444 e. The van der Waals surface area contributed by atoms with E-state index < -0.39 is 0 Å². The van der Waals surface area contributed by atoms with Crippen LogP contribution < -0.4 is 5.32 Å². The standard InChI is InChI=1S/C15H10BrClN2O2S/c16-13-6-5-12(21-13)15(20)18-7-14-19-11(8-22-14)9-1-3-10(17)4-2-9/h1-6,8H,7H2,(H,18,20). The van der Waals surface area contributed by atoms with E-state index in [0.29, 0.717) is 16.2 Å². The van der Waals surface area contributed by atoms with Crippen LogP contribution in [0.2, 0.25) is 5.02 Å². The van der Waals surface area contributed by atoms with Crippen molar-refractivity contribution in [3.8, 4) is 11.3 Å². The Kier molecular flexibility index (Phi) is 4.61. The Hall–Kier alpha value is -1.63. The van der Waals surface area contributed by atoms with Gasteiger partial charge in [-0.15, -0.1) is 11.3 Å². The molecule has 1 amide bonds. The third kappa shape index (κ3) is 3.58. The SMILES string of the molecule is O=C(NCc1nc(-c2ccc(Cl)cc2)cs1)c1ccc(Br)o1. The van der Waals surface area contributed by atoms with E-state index >= 15 is 0 Å². The van der Waals surface area contributed by atoms with Gasteiger partial charge in [-0.25, -0.2) is 4.98 Å². The summed E-state index contributed by atoms with van der Waals surface area (Å²) in [4.78, 5) is 16.4.